The van der Waals surface area contributed by atoms with E-state index >= 15 is 0 Å². The van der Waals surface area contributed by atoms with Crippen LogP contribution in [0, 0.1) is 0 Å². The number of carbonyl (C=O) groups excluding carboxylic acids is 1. The van der Waals surface area contributed by atoms with E-state index in [0.29, 0.717) is 23.0 Å². The fourth-order valence-corrected chi connectivity index (χ4v) is 2.52. The number of benzene rings is 2. The molecule has 2 aromatic rings. The number of rotatable bonds is 6. The molecule has 24 heavy (non-hydrogen) atoms. The van der Waals surface area contributed by atoms with E-state index in [4.69, 9.17) is 25.8 Å². The third-order valence-electron chi connectivity index (χ3n) is 3.49. The first-order valence-corrected chi connectivity index (χ1v) is 7.76. The highest BCUT2D eigenvalue weighted by Crippen LogP contribution is 2.32. The third-order valence-corrected chi connectivity index (χ3v) is 3.72. The van der Waals surface area contributed by atoms with Gasteiger partial charge in [0, 0.05) is 11.6 Å². The summed E-state index contributed by atoms with van der Waals surface area (Å²) in [5.74, 6) is 1.84. The number of nitrogens with one attached hydrogen (secondary N) is 2. The Labute approximate surface area is 144 Å². The molecule has 0 unspecified atom stereocenters. The van der Waals surface area contributed by atoms with E-state index in [1.165, 1.54) is 7.11 Å². The van der Waals surface area contributed by atoms with Crippen LogP contribution in [0.4, 0.5) is 5.69 Å². The zero-order valence-corrected chi connectivity index (χ0v) is 13.9. The topological polar surface area (TPSA) is 68.8 Å². The van der Waals surface area contributed by atoms with E-state index in [2.05, 4.69) is 10.6 Å². The van der Waals surface area contributed by atoms with E-state index in [1.807, 2.05) is 18.2 Å². The molecule has 0 aliphatic carbocycles. The van der Waals surface area contributed by atoms with E-state index in [1.54, 1.807) is 18.2 Å². The molecule has 1 amide bonds. The molecular weight excluding hydrogens is 332 g/mol. The summed E-state index contributed by atoms with van der Waals surface area (Å²) >= 11 is 5.94. The minimum Gasteiger partial charge on any atom is -0.495 e. The molecule has 0 spiro atoms. The van der Waals surface area contributed by atoms with E-state index in [9.17, 15) is 4.79 Å². The van der Waals surface area contributed by atoms with Gasteiger partial charge in [0.25, 0.3) is 0 Å². The summed E-state index contributed by atoms with van der Waals surface area (Å²) in [6.45, 7) is 0.941. The Morgan fingerprint density at radius 1 is 1.21 bits per heavy atom. The Balaban J connectivity index is 1.52. The molecule has 1 aliphatic heterocycles. The standard InChI is InChI=1S/C17H17ClN2O4/c1-22-14-5-3-12(18)7-13(14)20-17(21)9-19-8-11-2-4-15-16(6-11)24-10-23-15/h2-7,19H,8-10H2,1H3,(H,20,21). The van der Waals surface area contributed by atoms with E-state index < -0.39 is 0 Å². The van der Waals surface area contributed by atoms with Gasteiger partial charge in [-0.2, -0.15) is 0 Å². The maximum Gasteiger partial charge on any atom is 0.238 e. The molecule has 2 aromatic carbocycles. The average Bonchev–Trinajstić information content (AvgIpc) is 3.03. The van der Waals surface area contributed by atoms with Crippen molar-refractivity contribution in [3.63, 3.8) is 0 Å². The Hall–Kier alpha value is -2.44. The summed E-state index contributed by atoms with van der Waals surface area (Å²) in [6, 6.07) is 10.7. The summed E-state index contributed by atoms with van der Waals surface area (Å²) in [5, 5.41) is 6.38. The molecule has 6 nitrogen and oxygen atoms in total. The highest BCUT2D eigenvalue weighted by atomic mass is 35.5. The Bertz CT molecular complexity index is 751. The van der Waals surface area contributed by atoms with Crippen molar-refractivity contribution in [3.05, 3.63) is 47.0 Å². The lowest BCUT2D eigenvalue weighted by molar-refractivity contribution is -0.115. The first-order chi connectivity index (χ1) is 11.7. The summed E-state index contributed by atoms with van der Waals surface area (Å²) in [4.78, 5) is 12.1. The molecule has 0 saturated heterocycles. The normalized spacial score (nSPS) is 12.1. The van der Waals surface area contributed by atoms with Gasteiger partial charge in [-0.15, -0.1) is 0 Å². The van der Waals surface area contributed by atoms with Crippen LogP contribution >= 0.6 is 11.6 Å². The second-order valence-corrected chi connectivity index (χ2v) is 5.62. The molecule has 0 bridgehead atoms. The van der Waals surface area contributed by atoms with Crippen molar-refractivity contribution in [3.8, 4) is 17.2 Å². The lowest BCUT2D eigenvalue weighted by atomic mass is 10.2. The molecule has 0 radical (unpaired) electrons. The summed E-state index contributed by atoms with van der Waals surface area (Å²) in [5.41, 5.74) is 1.55. The molecule has 0 fully saturated rings. The van der Waals surface area contributed by atoms with Gasteiger partial charge in [0.05, 0.1) is 19.3 Å². The van der Waals surface area contributed by atoms with Crippen LogP contribution < -0.4 is 24.8 Å². The molecule has 2 N–H and O–H groups in total. The third kappa shape index (κ3) is 3.90. The predicted octanol–water partition coefficient (Wildman–Crippen LogP) is 2.81. The molecular formula is C17H17ClN2O4. The van der Waals surface area contributed by atoms with Crippen molar-refractivity contribution < 1.29 is 19.0 Å². The molecule has 1 aliphatic rings. The lowest BCUT2D eigenvalue weighted by Crippen LogP contribution is -2.27. The van der Waals surface area contributed by atoms with Crippen LogP contribution in [0.3, 0.4) is 0 Å². The predicted molar refractivity (Wildman–Crippen MR) is 90.9 cm³/mol. The quantitative estimate of drug-likeness (QED) is 0.840. The van der Waals surface area contributed by atoms with Crippen molar-refractivity contribution in [2.75, 3.05) is 25.8 Å². The van der Waals surface area contributed by atoms with Gasteiger partial charge in [-0.3, -0.25) is 4.79 Å². The zero-order chi connectivity index (χ0) is 16.9. The van der Waals surface area contributed by atoms with Gasteiger partial charge in [0.2, 0.25) is 12.7 Å². The molecule has 0 atom stereocenters. The molecule has 3 rings (SSSR count). The van der Waals surface area contributed by atoms with Gasteiger partial charge < -0.3 is 24.8 Å². The van der Waals surface area contributed by atoms with Crippen molar-refractivity contribution in [1.29, 1.82) is 0 Å². The summed E-state index contributed by atoms with van der Waals surface area (Å²) in [6.07, 6.45) is 0. The maximum absolute atomic E-state index is 12.1. The number of amides is 1. The minimum atomic E-state index is -0.184. The second-order valence-electron chi connectivity index (χ2n) is 5.18. The summed E-state index contributed by atoms with van der Waals surface area (Å²) in [7, 11) is 1.54. The first-order valence-electron chi connectivity index (χ1n) is 7.38. The van der Waals surface area contributed by atoms with Crippen molar-refractivity contribution >= 4 is 23.2 Å². The number of ether oxygens (including phenoxy) is 3. The Morgan fingerprint density at radius 2 is 2.04 bits per heavy atom. The molecule has 0 aromatic heterocycles. The van der Waals surface area contributed by atoms with Crippen molar-refractivity contribution in [2.24, 2.45) is 0 Å². The van der Waals surface area contributed by atoms with Gasteiger partial charge in [0.15, 0.2) is 11.5 Å². The van der Waals surface area contributed by atoms with Crippen LogP contribution in [0.25, 0.3) is 0 Å². The SMILES string of the molecule is COc1ccc(Cl)cc1NC(=O)CNCc1ccc2c(c1)OCO2. The lowest BCUT2D eigenvalue weighted by Gasteiger charge is -2.11. The minimum absolute atomic E-state index is 0.157. The first kappa shape index (κ1) is 16.4. The highest BCUT2D eigenvalue weighted by Gasteiger charge is 2.13. The number of hydrogen-bond acceptors (Lipinski definition) is 5. The van der Waals surface area contributed by atoms with Gasteiger partial charge in [-0.25, -0.2) is 0 Å². The van der Waals surface area contributed by atoms with Crippen molar-refractivity contribution in [2.45, 2.75) is 6.54 Å². The Morgan fingerprint density at radius 3 is 2.88 bits per heavy atom. The number of halogens is 1. The van der Waals surface area contributed by atoms with Crippen LogP contribution in [0.1, 0.15) is 5.56 Å². The largest absolute Gasteiger partial charge is 0.495 e. The van der Waals surface area contributed by atoms with Crippen molar-refractivity contribution in [1.82, 2.24) is 5.32 Å². The fraction of sp³-hybridized carbons (Fsp3) is 0.235. The van der Waals surface area contributed by atoms with Crippen LogP contribution in [-0.4, -0.2) is 26.4 Å². The summed E-state index contributed by atoms with van der Waals surface area (Å²) < 4.78 is 15.8. The van der Waals surface area contributed by atoms with Gasteiger partial charge in [-0.1, -0.05) is 17.7 Å². The van der Waals surface area contributed by atoms with Crippen LogP contribution in [0.2, 0.25) is 5.02 Å². The Kier molecular flexibility index (Phi) is 5.08. The highest BCUT2D eigenvalue weighted by molar-refractivity contribution is 6.31. The number of carbonyl (C=O) groups is 1. The smallest absolute Gasteiger partial charge is 0.238 e. The molecule has 0 saturated carbocycles. The fourth-order valence-electron chi connectivity index (χ4n) is 2.34. The molecule has 7 heteroatoms. The van der Waals surface area contributed by atoms with Gasteiger partial charge in [-0.05, 0) is 35.9 Å². The molecule has 126 valence electrons. The number of fused-ring (bicyclic) bond motifs is 1. The number of hydrogen-bond donors (Lipinski definition) is 2. The monoisotopic (exact) mass is 348 g/mol. The van der Waals surface area contributed by atoms with E-state index in [0.717, 1.165) is 17.1 Å². The molecule has 1 heterocycles. The average molecular weight is 349 g/mol. The maximum atomic E-state index is 12.1. The van der Waals surface area contributed by atoms with Crippen LogP contribution in [0.15, 0.2) is 36.4 Å². The van der Waals surface area contributed by atoms with Crippen LogP contribution in [-0.2, 0) is 11.3 Å². The van der Waals surface area contributed by atoms with Gasteiger partial charge in [0.1, 0.15) is 5.75 Å². The van der Waals surface area contributed by atoms with Gasteiger partial charge >= 0.3 is 0 Å². The second kappa shape index (κ2) is 7.42. The van der Waals surface area contributed by atoms with E-state index in [-0.39, 0.29) is 19.2 Å². The number of methoxy groups -OCH3 is 1. The number of anilines is 1. The zero-order valence-electron chi connectivity index (χ0n) is 13.1. The van der Waals surface area contributed by atoms with Crippen LogP contribution in [0.5, 0.6) is 17.2 Å².